The van der Waals surface area contributed by atoms with Gasteiger partial charge in [0.05, 0.1) is 6.61 Å². The van der Waals surface area contributed by atoms with Crippen LogP contribution in [0.1, 0.15) is 19.4 Å². The Balaban J connectivity index is 1.97. The fourth-order valence-corrected chi connectivity index (χ4v) is 1.84. The molecule has 0 aromatic heterocycles. The lowest BCUT2D eigenvalue weighted by Gasteiger charge is -2.18. The van der Waals surface area contributed by atoms with Crippen molar-refractivity contribution in [1.82, 2.24) is 0 Å². The SMILES string of the molecule is CC1(C)OC(=O)C(C(C=O)OCc2ccccc2)O1. The molecule has 1 aromatic rings. The molecule has 2 rings (SSSR count). The molecular weight excluding hydrogens is 248 g/mol. The molecule has 0 aliphatic carbocycles. The van der Waals surface area contributed by atoms with Crippen molar-refractivity contribution in [3.63, 3.8) is 0 Å². The highest BCUT2D eigenvalue weighted by Crippen LogP contribution is 2.26. The summed E-state index contributed by atoms with van der Waals surface area (Å²) in [6.45, 7) is 3.46. The van der Waals surface area contributed by atoms with Crippen LogP contribution in [-0.4, -0.2) is 30.3 Å². The zero-order chi connectivity index (χ0) is 13.9. The Morgan fingerprint density at radius 2 is 2.05 bits per heavy atom. The van der Waals surface area contributed by atoms with E-state index in [9.17, 15) is 9.59 Å². The number of carbonyl (C=O) groups excluding carboxylic acids is 2. The summed E-state index contributed by atoms with van der Waals surface area (Å²) in [5.74, 6) is -1.59. The molecule has 19 heavy (non-hydrogen) atoms. The lowest BCUT2D eigenvalue weighted by molar-refractivity contribution is -0.165. The van der Waals surface area contributed by atoms with Crippen LogP contribution in [-0.2, 0) is 30.4 Å². The highest BCUT2D eigenvalue weighted by atomic mass is 16.8. The molecule has 1 aliphatic rings. The van der Waals surface area contributed by atoms with Gasteiger partial charge in [0.2, 0.25) is 5.79 Å². The molecule has 1 saturated heterocycles. The van der Waals surface area contributed by atoms with Crippen LogP contribution in [0.3, 0.4) is 0 Å². The van der Waals surface area contributed by atoms with Gasteiger partial charge >= 0.3 is 5.97 Å². The Hall–Kier alpha value is -1.72. The number of benzene rings is 1. The molecule has 0 spiro atoms. The third kappa shape index (κ3) is 3.39. The second kappa shape index (κ2) is 5.50. The fraction of sp³-hybridized carbons (Fsp3) is 0.429. The van der Waals surface area contributed by atoms with Crippen molar-refractivity contribution in [2.45, 2.75) is 38.4 Å². The van der Waals surface area contributed by atoms with Crippen LogP contribution in [0.4, 0.5) is 0 Å². The number of cyclic esters (lactones) is 1. The van der Waals surface area contributed by atoms with Gasteiger partial charge < -0.3 is 19.0 Å². The maximum absolute atomic E-state index is 11.6. The van der Waals surface area contributed by atoms with E-state index >= 15 is 0 Å². The van der Waals surface area contributed by atoms with Gasteiger partial charge in [-0.15, -0.1) is 0 Å². The Labute approximate surface area is 111 Å². The average Bonchev–Trinajstić information content (AvgIpc) is 2.65. The molecule has 1 aliphatic heterocycles. The van der Waals surface area contributed by atoms with Crippen LogP contribution < -0.4 is 0 Å². The highest BCUT2D eigenvalue weighted by Gasteiger charge is 2.45. The summed E-state index contributed by atoms with van der Waals surface area (Å²) < 4.78 is 15.8. The van der Waals surface area contributed by atoms with Crippen molar-refractivity contribution in [3.05, 3.63) is 35.9 Å². The van der Waals surface area contributed by atoms with Crippen molar-refractivity contribution < 1.29 is 23.8 Å². The van der Waals surface area contributed by atoms with Crippen LogP contribution in [0.25, 0.3) is 0 Å². The third-order valence-electron chi connectivity index (χ3n) is 2.71. The van der Waals surface area contributed by atoms with Crippen LogP contribution in [0, 0.1) is 0 Å². The van der Waals surface area contributed by atoms with Crippen molar-refractivity contribution in [3.8, 4) is 0 Å². The Bertz CT molecular complexity index is 454. The summed E-state index contributed by atoms with van der Waals surface area (Å²) in [6, 6.07) is 9.38. The van der Waals surface area contributed by atoms with Crippen LogP contribution in [0.15, 0.2) is 30.3 Å². The summed E-state index contributed by atoms with van der Waals surface area (Å²) in [6.07, 6.45) is -1.40. The number of aldehydes is 1. The Morgan fingerprint density at radius 1 is 1.37 bits per heavy atom. The molecule has 102 valence electrons. The Kier molecular flexibility index (Phi) is 3.97. The quantitative estimate of drug-likeness (QED) is 0.595. The molecule has 0 N–H and O–H groups in total. The van der Waals surface area contributed by atoms with E-state index in [4.69, 9.17) is 14.2 Å². The van der Waals surface area contributed by atoms with E-state index in [1.165, 1.54) is 0 Å². The highest BCUT2D eigenvalue weighted by molar-refractivity contribution is 5.81. The second-order valence-electron chi connectivity index (χ2n) is 4.76. The molecule has 2 atom stereocenters. The van der Waals surface area contributed by atoms with E-state index in [1.54, 1.807) is 13.8 Å². The number of rotatable bonds is 5. The Morgan fingerprint density at radius 3 is 2.58 bits per heavy atom. The minimum atomic E-state index is -1.01. The van der Waals surface area contributed by atoms with Gasteiger partial charge in [0.25, 0.3) is 0 Å². The zero-order valence-electron chi connectivity index (χ0n) is 10.9. The molecule has 1 heterocycles. The van der Waals surface area contributed by atoms with Crippen molar-refractivity contribution in [1.29, 1.82) is 0 Å². The van der Waals surface area contributed by atoms with E-state index < -0.39 is 24.0 Å². The normalized spacial score (nSPS) is 22.8. The minimum absolute atomic E-state index is 0.234. The molecule has 1 fully saturated rings. The first kappa shape index (κ1) is 13.7. The zero-order valence-corrected chi connectivity index (χ0v) is 10.9. The van der Waals surface area contributed by atoms with Crippen LogP contribution in [0.5, 0.6) is 0 Å². The summed E-state index contributed by atoms with van der Waals surface area (Å²) in [5, 5.41) is 0. The van der Waals surface area contributed by atoms with Crippen molar-refractivity contribution in [2.24, 2.45) is 0 Å². The summed E-state index contributed by atoms with van der Waals surface area (Å²) >= 11 is 0. The lowest BCUT2D eigenvalue weighted by Crippen LogP contribution is -2.36. The number of hydrogen-bond acceptors (Lipinski definition) is 5. The van der Waals surface area contributed by atoms with Gasteiger partial charge in [-0.05, 0) is 5.56 Å². The maximum Gasteiger partial charge on any atom is 0.341 e. The smallest absolute Gasteiger partial charge is 0.341 e. The molecule has 0 saturated carbocycles. The lowest BCUT2D eigenvalue weighted by atomic mass is 10.2. The van der Waals surface area contributed by atoms with E-state index in [2.05, 4.69) is 0 Å². The summed E-state index contributed by atoms with van der Waals surface area (Å²) in [5.41, 5.74) is 0.917. The first-order valence-corrected chi connectivity index (χ1v) is 6.03. The first-order valence-electron chi connectivity index (χ1n) is 6.03. The molecule has 2 unspecified atom stereocenters. The van der Waals surface area contributed by atoms with E-state index in [0.717, 1.165) is 5.56 Å². The second-order valence-corrected chi connectivity index (χ2v) is 4.76. The molecule has 1 aromatic carbocycles. The number of hydrogen-bond donors (Lipinski definition) is 0. The van der Waals surface area contributed by atoms with E-state index in [-0.39, 0.29) is 6.61 Å². The van der Waals surface area contributed by atoms with Crippen molar-refractivity contribution in [2.75, 3.05) is 0 Å². The molecule has 5 heteroatoms. The van der Waals surface area contributed by atoms with Crippen LogP contribution in [0.2, 0.25) is 0 Å². The number of carbonyl (C=O) groups is 2. The topological polar surface area (TPSA) is 61.8 Å². The largest absolute Gasteiger partial charge is 0.432 e. The number of esters is 1. The maximum atomic E-state index is 11.6. The third-order valence-corrected chi connectivity index (χ3v) is 2.71. The van der Waals surface area contributed by atoms with Gasteiger partial charge in [0.15, 0.2) is 18.5 Å². The fourth-order valence-electron chi connectivity index (χ4n) is 1.84. The van der Waals surface area contributed by atoms with E-state index in [0.29, 0.717) is 6.29 Å². The van der Waals surface area contributed by atoms with Crippen LogP contribution >= 0.6 is 0 Å². The van der Waals surface area contributed by atoms with Gasteiger partial charge in [-0.2, -0.15) is 0 Å². The molecule has 0 bridgehead atoms. The van der Waals surface area contributed by atoms with Gasteiger partial charge in [0, 0.05) is 13.8 Å². The molecular formula is C14H16O5. The monoisotopic (exact) mass is 264 g/mol. The average molecular weight is 264 g/mol. The number of ether oxygens (including phenoxy) is 3. The predicted molar refractivity (Wildman–Crippen MR) is 66.1 cm³/mol. The molecule has 0 amide bonds. The molecule has 5 nitrogen and oxygen atoms in total. The summed E-state index contributed by atoms with van der Waals surface area (Å²) in [4.78, 5) is 22.7. The van der Waals surface area contributed by atoms with Gasteiger partial charge in [-0.25, -0.2) is 4.79 Å². The van der Waals surface area contributed by atoms with Crippen molar-refractivity contribution >= 4 is 12.3 Å². The van der Waals surface area contributed by atoms with Gasteiger partial charge in [-0.3, -0.25) is 0 Å². The minimum Gasteiger partial charge on any atom is -0.432 e. The predicted octanol–water partition coefficient (Wildman–Crippen LogP) is 1.45. The molecule has 0 radical (unpaired) electrons. The van der Waals surface area contributed by atoms with E-state index in [1.807, 2.05) is 30.3 Å². The standard InChI is InChI=1S/C14H16O5/c1-14(2)18-12(13(16)19-14)11(8-15)17-9-10-6-4-3-5-7-10/h3-8,11-12H,9H2,1-2H3. The van der Waals surface area contributed by atoms with Gasteiger partial charge in [-0.1, -0.05) is 30.3 Å². The summed E-state index contributed by atoms with van der Waals surface area (Å²) in [7, 11) is 0. The van der Waals surface area contributed by atoms with Gasteiger partial charge in [0.1, 0.15) is 0 Å². The first-order chi connectivity index (χ1) is 9.02.